The predicted octanol–water partition coefficient (Wildman–Crippen LogP) is 4.81. The van der Waals surface area contributed by atoms with E-state index in [9.17, 15) is 23.1 Å². The predicted molar refractivity (Wildman–Crippen MR) is 170 cm³/mol. The van der Waals surface area contributed by atoms with Crippen LogP contribution in [-0.2, 0) is 25.9 Å². The van der Waals surface area contributed by atoms with E-state index in [4.69, 9.17) is 9.47 Å². The van der Waals surface area contributed by atoms with Crippen molar-refractivity contribution in [2.45, 2.75) is 45.8 Å². The van der Waals surface area contributed by atoms with Crippen molar-refractivity contribution in [3.8, 4) is 11.1 Å². The monoisotopic (exact) mass is 625 g/mol. The van der Waals surface area contributed by atoms with E-state index in [1.54, 1.807) is 41.3 Å². The van der Waals surface area contributed by atoms with E-state index in [-0.39, 0.29) is 31.9 Å². The Bertz CT molecular complexity index is 1480. The van der Waals surface area contributed by atoms with Crippen LogP contribution in [0.3, 0.4) is 0 Å². The first kappa shape index (κ1) is 34.7. The van der Waals surface area contributed by atoms with E-state index in [0.717, 1.165) is 17.4 Å². The van der Waals surface area contributed by atoms with Crippen LogP contribution in [0.4, 0.5) is 4.79 Å². The van der Waals surface area contributed by atoms with Crippen LogP contribution in [0.2, 0.25) is 0 Å². The van der Waals surface area contributed by atoms with Gasteiger partial charge in [0.15, 0.2) is 0 Å². The number of aliphatic hydroxyl groups is 1. The number of hydrogen-bond acceptors (Lipinski definition) is 8. The number of ether oxygens (including phenoxy) is 2. The fourth-order valence-electron chi connectivity index (χ4n) is 4.55. The zero-order chi connectivity index (χ0) is 32.3. The molecule has 0 radical (unpaired) electrons. The molecule has 2 N–H and O–H groups in total. The van der Waals surface area contributed by atoms with Gasteiger partial charge in [0, 0.05) is 25.2 Å². The van der Waals surface area contributed by atoms with Gasteiger partial charge in [-0.05, 0) is 62.4 Å². The van der Waals surface area contributed by atoms with E-state index in [1.807, 2.05) is 70.2 Å². The summed E-state index contributed by atoms with van der Waals surface area (Å²) >= 11 is 0. The van der Waals surface area contributed by atoms with Gasteiger partial charge in [-0.1, -0.05) is 72.8 Å². The number of aliphatic hydroxyl groups excluding tert-OH is 1. The number of nitrogens with one attached hydrogen (secondary N) is 1. The lowest BCUT2D eigenvalue weighted by molar-refractivity contribution is 0.0298. The Morgan fingerprint density at radius 2 is 1.61 bits per heavy atom. The molecule has 3 aromatic carbocycles. The molecule has 0 aliphatic heterocycles. The van der Waals surface area contributed by atoms with Gasteiger partial charge in [0.1, 0.15) is 12.7 Å². The van der Waals surface area contributed by atoms with Gasteiger partial charge in [0.2, 0.25) is 10.0 Å². The minimum Gasteiger partial charge on any atom is -0.446 e. The summed E-state index contributed by atoms with van der Waals surface area (Å²) in [6.07, 6.45) is -0.210. The molecule has 3 rings (SSSR count). The molecule has 0 saturated carbocycles. The van der Waals surface area contributed by atoms with Gasteiger partial charge in [-0.25, -0.2) is 18.6 Å². The van der Waals surface area contributed by atoms with Gasteiger partial charge < -0.3 is 19.5 Å². The van der Waals surface area contributed by atoms with E-state index >= 15 is 0 Å². The number of carbonyl (C=O) groups is 2. The minimum absolute atomic E-state index is 0.120. The van der Waals surface area contributed by atoms with Crippen LogP contribution in [0.15, 0.2) is 78.9 Å². The maximum atomic E-state index is 13.8. The van der Waals surface area contributed by atoms with Crippen molar-refractivity contribution in [2.75, 3.05) is 39.2 Å². The highest BCUT2D eigenvalue weighted by Gasteiger charge is 2.30. The zero-order valence-corrected chi connectivity index (χ0v) is 26.8. The second-order valence-corrected chi connectivity index (χ2v) is 13.1. The van der Waals surface area contributed by atoms with Crippen LogP contribution in [0, 0.1) is 0 Å². The Balaban J connectivity index is 1.86. The van der Waals surface area contributed by atoms with Gasteiger partial charge >= 0.3 is 6.09 Å². The summed E-state index contributed by atoms with van der Waals surface area (Å²) in [6.45, 7) is 8.33. The molecule has 0 spiro atoms. The first-order chi connectivity index (χ1) is 20.8. The van der Waals surface area contributed by atoms with Crippen molar-refractivity contribution in [2.24, 2.45) is 0 Å². The number of carbonyl (C=O) groups excluding carboxylic acids is 2. The van der Waals surface area contributed by atoms with Crippen molar-refractivity contribution in [1.82, 2.24) is 14.7 Å². The molecule has 10 nitrogen and oxygen atoms in total. The molecule has 0 aliphatic rings. The maximum Gasteiger partial charge on any atom is 0.410 e. The Kier molecular flexibility index (Phi) is 12.5. The molecule has 0 heterocycles. The number of amides is 2. The molecule has 238 valence electrons. The molecular formula is C33H43N3O7S. The molecule has 3 aromatic rings. The summed E-state index contributed by atoms with van der Waals surface area (Å²) in [5, 5.41) is 10.5. The molecular weight excluding hydrogens is 582 g/mol. The highest BCUT2D eigenvalue weighted by Crippen LogP contribution is 2.27. The normalized spacial score (nSPS) is 12.4. The molecule has 2 amide bonds. The number of hydrogen-bond donors (Lipinski definition) is 2. The zero-order valence-electron chi connectivity index (χ0n) is 26.0. The maximum absolute atomic E-state index is 13.8. The third-order valence-corrected chi connectivity index (χ3v) is 7.78. The van der Waals surface area contributed by atoms with Gasteiger partial charge in [-0.3, -0.25) is 4.79 Å². The van der Waals surface area contributed by atoms with Crippen molar-refractivity contribution in [1.29, 1.82) is 0 Å². The fraction of sp³-hybridized carbons (Fsp3) is 0.394. The third-order valence-electron chi connectivity index (χ3n) is 6.82. The number of nitrogens with zero attached hydrogens (tertiary/aromatic N) is 2. The van der Waals surface area contributed by atoms with Crippen molar-refractivity contribution >= 4 is 22.0 Å². The highest BCUT2D eigenvalue weighted by atomic mass is 32.2. The summed E-state index contributed by atoms with van der Waals surface area (Å²) < 4.78 is 36.8. The van der Waals surface area contributed by atoms with Gasteiger partial charge in [0.25, 0.3) is 5.91 Å². The Morgan fingerprint density at radius 3 is 2.20 bits per heavy atom. The molecule has 0 saturated heterocycles. The smallest absolute Gasteiger partial charge is 0.410 e. The summed E-state index contributed by atoms with van der Waals surface area (Å²) in [5.41, 5.74) is 4.98. The average molecular weight is 626 g/mol. The summed E-state index contributed by atoms with van der Waals surface area (Å²) in [6, 6.07) is 23.5. The van der Waals surface area contributed by atoms with E-state index in [1.165, 1.54) is 0 Å². The molecule has 0 aromatic heterocycles. The SMILES string of the molecule is CCOCCNN(C(=O)c1cc(CCN(C(=O)OC[C@H](O)c2ccccc2)C(C)(C)C)ccc1-c1ccccc1)S(C)(=O)=O. The average Bonchev–Trinajstić information content (AvgIpc) is 2.99. The lowest BCUT2D eigenvalue weighted by Gasteiger charge is -2.35. The number of rotatable bonds is 14. The molecule has 0 fully saturated rings. The minimum atomic E-state index is -3.97. The van der Waals surface area contributed by atoms with Crippen LogP contribution < -0.4 is 5.43 Å². The van der Waals surface area contributed by atoms with E-state index < -0.39 is 33.7 Å². The molecule has 0 unspecified atom stereocenters. The second kappa shape index (κ2) is 15.8. The van der Waals surface area contributed by atoms with E-state index in [0.29, 0.717) is 28.6 Å². The van der Waals surface area contributed by atoms with Crippen molar-refractivity contribution < 1.29 is 32.6 Å². The largest absolute Gasteiger partial charge is 0.446 e. The molecule has 0 aliphatic carbocycles. The van der Waals surface area contributed by atoms with Crippen LogP contribution in [0.1, 0.15) is 55.3 Å². The van der Waals surface area contributed by atoms with Gasteiger partial charge in [-0.15, -0.1) is 0 Å². The summed E-state index contributed by atoms with van der Waals surface area (Å²) in [5.74, 6) is -0.730. The van der Waals surface area contributed by atoms with Crippen molar-refractivity contribution in [3.05, 3.63) is 95.6 Å². The highest BCUT2D eigenvalue weighted by molar-refractivity contribution is 7.88. The standard InChI is InChI=1S/C33H43N3O7S/c1-6-42-22-20-34-36(44(5,40)41)31(38)29-23-25(17-18-28(29)26-13-9-7-10-14-26)19-21-35(33(2,3)4)32(39)43-24-30(37)27-15-11-8-12-16-27/h7-18,23,30,34,37H,6,19-22,24H2,1-5H3/t30-/m0/s1. The number of hydrazine groups is 1. The Hall–Kier alpha value is -3.77. The molecule has 11 heteroatoms. The second-order valence-electron chi connectivity index (χ2n) is 11.3. The molecule has 0 bridgehead atoms. The number of benzene rings is 3. The van der Waals surface area contributed by atoms with Crippen LogP contribution in [0.5, 0.6) is 0 Å². The fourth-order valence-corrected chi connectivity index (χ4v) is 5.27. The summed E-state index contributed by atoms with van der Waals surface area (Å²) in [4.78, 5) is 28.5. The number of sulfonamides is 1. The topological polar surface area (TPSA) is 125 Å². The van der Waals surface area contributed by atoms with Gasteiger partial charge in [0.05, 0.1) is 18.4 Å². The first-order valence-corrected chi connectivity index (χ1v) is 16.4. The van der Waals surface area contributed by atoms with Crippen molar-refractivity contribution in [3.63, 3.8) is 0 Å². The van der Waals surface area contributed by atoms with Crippen LogP contribution in [-0.4, -0.2) is 79.5 Å². The van der Waals surface area contributed by atoms with E-state index in [2.05, 4.69) is 5.43 Å². The Morgan fingerprint density at radius 1 is 0.977 bits per heavy atom. The first-order valence-electron chi connectivity index (χ1n) is 14.5. The Labute approximate surface area is 260 Å². The lowest BCUT2D eigenvalue weighted by Crippen LogP contribution is -2.48. The van der Waals surface area contributed by atoms with Gasteiger partial charge in [-0.2, -0.15) is 4.41 Å². The van der Waals surface area contributed by atoms with Crippen LogP contribution in [0.25, 0.3) is 11.1 Å². The quantitative estimate of drug-likeness (QED) is 0.193. The molecule has 1 atom stereocenters. The summed E-state index contributed by atoms with van der Waals surface area (Å²) in [7, 11) is -3.97. The van der Waals surface area contributed by atoms with Crippen LogP contribution >= 0.6 is 0 Å². The lowest BCUT2D eigenvalue weighted by atomic mass is 9.95. The third kappa shape index (κ3) is 9.88. The molecule has 44 heavy (non-hydrogen) atoms.